The topological polar surface area (TPSA) is 56.7 Å². The number of hydrogen-bond donors (Lipinski definition) is 1. The van der Waals surface area contributed by atoms with Crippen molar-refractivity contribution in [2.45, 2.75) is 26.9 Å². The second-order valence-electron chi connectivity index (χ2n) is 3.85. The number of nitrogens with two attached hydrogens (primary N) is 1. The van der Waals surface area contributed by atoms with E-state index in [1.54, 1.807) is 0 Å². The molecule has 1 aromatic heterocycles. The molecule has 0 unspecified atom stereocenters. The first kappa shape index (κ1) is 12.3. The third-order valence-electron chi connectivity index (χ3n) is 2.77. The molecule has 0 radical (unpaired) electrons. The highest BCUT2D eigenvalue weighted by molar-refractivity contribution is 9.10. The van der Waals surface area contributed by atoms with Gasteiger partial charge in [0, 0.05) is 16.6 Å². The lowest BCUT2D eigenvalue weighted by Gasteiger charge is -2.09. The second kappa shape index (κ2) is 4.98. The van der Waals surface area contributed by atoms with Gasteiger partial charge in [-0.2, -0.15) is 0 Å². The highest BCUT2D eigenvalue weighted by Crippen LogP contribution is 2.25. The first-order valence-corrected chi connectivity index (χ1v) is 6.35. The van der Waals surface area contributed by atoms with E-state index in [4.69, 9.17) is 5.73 Å². The fourth-order valence-corrected chi connectivity index (χ4v) is 2.21. The Kier molecular flexibility index (Phi) is 3.59. The van der Waals surface area contributed by atoms with Crippen LogP contribution in [0.3, 0.4) is 0 Å². The molecule has 0 saturated carbocycles. The van der Waals surface area contributed by atoms with Crippen LogP contribution < -0.4 is 5.73 Å². The average Bonchev–Trinajstić information content (AvgIpc) is 2.74. The molecular formula is C12H15BrN4. The van der Waals surface area contributed by atoms with E-state index in [0.29, 0.717) is 6.54 Å². The molecular weight excluding hydrogens is 280 g/mol. The van der Waals surface area contributed by atoms with Crippen molar-refractivity contribution in [2.75, 3.05) is 0 Å². The molecule has 4 nitrogen and oxygen atoms in total. The zero-order chi connectivity index (χ0) is 12.4. The van der Waals surface area contributed by atoms with Gasteiger partial charge >= 0.3 is 0 Å². The van der Waals surface area contributed by atoms with E-state index in [-0.39, 0.29) is 0 Å². The van der Waals surface area contributed by atoms with E-state index in [2.05, 4.69) is 56.7 Å². The highest BCUT2D eigenvalue weighted by Gasteiger charge is 2.13. The van der Waals surface area contributed by atoms with Crippen LogP contribution in [0.25, 0.3) is 11.4 Å². The molecule has 0 aliphatic heterocycles. The Balaban J connectivity index is 2.59. The van der Waals surface area contributed by atoms with Crippen molar-refractivity contribution in [1.82, 2.24) is 14.8 Å². The monoisotopic (exact) mass is 294 g/mol. The maximum Gasteiger partial charge on any atom is 0.164 e. The fraction of sp³-hybridized carbons (Fsp3) is 0.333. The quantitative estimate of drug-likeness (QED) is 0.946. The first-order chi connectivity index (χ1) is 8.17. The smallest absolute Gasteiger partial charge is 0.164 e. The van der Waals surface area contributed by atoms with Crippen LogP contribution in [0.15, 0.2) is 22.7 Å². The lowest BCUT2D eigenvalue weighted by molar-refractivity contribution is 0.704. The van der Waals surface area contributed by atoms with E-state index in [9.17, 15) is 0 Å². The van der Waals surface area contributed by atoms with Gasteiger partial charge < -0.3 is 10.3 Å². The first-order valence-electron chi connectivity index (χ1n) is 5.56. The molecule has 2 aromatic rings. The van der Waals surface area contributed by atoms with Crippen molar-refractivity contribution in [2.24, 2.45) is 5.73 Å². The van der Waals surface area contributed by atoms with Crippen molar-refractivity contribution >= 4 is 15.9 Å². The molecule has 0 spiro atoms. The predicted octanol–water partition coefficient (Wildman–Crippen LogP) is 2.49. The molecule has 0 fully saturated rings. The number of halogens is 1. The summed E-state index contributed by atoms with van der Waals surface area (Å²) < 4.78 is 3.09. The Bertz CT molecular complexity index is 533. The third-order valence-corrected chi connectivity index (χ3v) is 3.26. The Morgan fingerprint density at radius 2 is 2.12 bits per heavy atom. The normalized spacial score (nSPS) is 10.8. The summed E-state index contributed by atoms with van der Waals surface area (Å²) in [6, 6.07) is 6.15. The second-order valence-corrected chi connectivity index (χ2v) is 4.76. The van der Waals surface area contributed by atoms with Crippen LogP contribution in [-0.4, -0.2) is 14.8 Å². The van der Waals surface area contributed by atoms with E-state index >= 15 is 0 Å². The van der Waals surface area contributed by atoms with Crippen molar-refractivity contribution in [3.05, 3.63) is 34.1 Å². The van der Waals surface area contributed by atoms with Crippen molar-refractivity contribution in [3.63, 3.8) is 0 Å². The van der Waals surface area contributed by atoms with Gasteiger partial charge in [0.25, 0.3) is 0 Å². The summed E-state index contributed by atoms with van der Waals surface area (Å²) in [6.45, 7) is 5.37. The maximum atomic E-state index is 5.65. The summed E-state index contributed by atoms with van der Waals surface area (Å²) in [4.78, 5) is 0. The Morgan fingerprint density at radius 3 is 2.76 bits per heavy atom. The number of nitrogens with zero attached hydrogens (tertiary/aromatic N) is 3. The molecule has 90 valence electrons. The minimum absolute atomic E-state index is 0.411. The van der Waals surface area contributed by atoms with Gasteiger partial charge in [-0.05, 0) is 31.5 Å². The molecule has 0 amide bonds. The molecule has 0 atom stereocenters. The number of rotatable bonds is 3. The van der Waals surface area contributed by atoms with Gasteiger partial charge in [-0.15, -0.1) is 10.2 Å². The van der Waals surface area contributed by atoms with Crippen LogP contribution in [0.5, 0.6) is 0 Å². The summed E-state index contributed by atoms with van der Waals surface area (Å²) in [7, 11) is 0. The molecule has 0 aliphatic rings. The van der Waals surface area contributed by atoms with E-state index in [0.717, 1.165) is 28.2 Å². The number of hydrogen-bond acceptors (Lipinski definition) is 3. The van der Waals surface area contributed by atoms with Gasteiger partial charge in [-0.1, -0.05) is 22.0 Å². The summed E-state index contributed by atoms with van der Waals surface area (Å²) in [6.07, 6.45) is 0. The molecule has 1 aromatic carbocycles. The molecule has 17 heavy (non-hydrogen) atoms. The molecule has 2 rings (SSSR count). The van der Waals surface area contributed by atoms with Gasteiger partial charge in [0.05, 0.1) is 6.54 Å². The summed E-state index contributed by atoms with van der Waals surface area (Å²) in [5, 5.41) is 8.37. The molecule has 0 bridgehead atoms. The van der Waals surface area contributed by atoms with Gasteiger partial charge in [-0.25, -0.2) is 0 Å². The van der Waals surface area contributed by atoms with Crippen LogP contribution in [0.2, 0.25) is 0 Å². The van der Waals surface area contributed by atoms with Crippen LogP contribution in [0.4, 0.5) is 0 Å². The van der Waals surface area contributed by atoms with E-state index in [1.807, 2.05) is 6.07 Å². The lowest BCUT2D eigenvalue weighted by Crippen LogP contribution is -2.08. The van der Waals surface area contributed by atoms with Crippen LogP contribution in [-0.2, 0) is 13.1 Å². The van der Waals surface area contributed by atoms with Crippen molar-refractivity contribution in [1.29, 1.82) is 0 Å². The molecule has 2 N–H and O–H groups in total. The third kappa shape index (κ3) is 2.25. The van der Waals surface area contributed by atoms with Gasteiger partial charge in [-0.3, -0.25) is 0 Å². The van der Waals surface area contributed by atoms with Crippen molar-refractivity contribution in [3.8, 4) is 11.4 Å². The molecule has 1 heterocycles. The minimum Gasteiger partial charge on any atom is -0.324 e. The summed E-state index contributed by atoms with van der Waals surface area (Å²) >= 11 is 3.48. The van der Waals surface area contributed by atoms with Crippen LogP contribution in [0, 0.1) is 6.92 Å². The standard InChI is InChI=1S/C12H15BrN4/c1-3-17-11(7-14)15-16-12(17)10-6-9(13)5-4-8(10)2/h4-6H,3,7,14H2,1-2H3. The van der Waals surface area contributed by atoms with Crippen LogP contribution >= 0.6 is 15.9 Å². The maximum absolute atomic E-state index is 5.65. The largest absolute Gasteiger partial charge is 0.324 e. The average molecular weight is 295 g/mol. The zero-order valence-electron chi connectivity index (χ0n) is 9.94. The van der Waals surface area contributed by atoms with Crippen molar-refractivity contribution < 1.29 is 0 Å². The molecule has 5 heteroatoms. The van der Waals surface area contributed by atoms with Gasteiger partial charge in [0.2, 0.25) is 0 Å². The SMILES string of the molecule is CCn1c(CN)nnc1-c1cc(Br)ccc1C. The number of benzene rings is 1. The molecule has 0 saturated heterocycles. The summed E-state index contributed by atoms with van der Waals surface area (Å²) in [5.41, 5.74) is 7.92. The van der Waals surface area contributed by atoms with Gasteiger partial charge in [0.15, 0.2) is 5.82 Å². The zero-order valence-corrected chi connectivity index (χ0v) is 11.5. The van der Waals surface area contributed by atoms with Gasteiger partial charge in [0.1, 0.15) is 5.82 Å². The highest BCUT2D eigenvalue weighted by atomic mass is 79.9. The van der Waals surface area contributed by atoms with E-state index in [1.165, 1.54) is 5.56 Å². The summed E-state index contributed by atoms with van der Waals surface area (Å²) in [5.74, 6) is 1.70. The number of aromatic nitrogens is 3. The lowest BCUT2D eigenvalue weighted by atomic mass is 10.1. The Morgan fingerprint density at radius 1 is 1.35 bits per heavy atom. The minimum atomic E-state index is 0.411. The number of aryl methyl sites for hydroxylation is 1. The molecule has 0 aliphatic carbocycles. The Labute approximate surface area is 109 Å². The fourth-order valence-electron chi connectivity index (χ4n) is 1.85. The Hall–Kier alpha value is -1.20. The van der Waals surface area contributed by atoms with E-state index < -0.39 is 0 Å². The predicted molar refractivity (Wildman–Crippen MR) is 71.5 cm³/mol. The van der Waals surface area contributed by atoms with Crippen LogP contribution in [0.1, 0.15) is 18.3 Å².